The Hall–Kier alpha value is -0.680. The van der Waals surface area contributed by atoms with E-state index in [9.17, 15) is 4.39 Å². The van der Waals surface area contributed by atoms with Crippen LogP contribution >= 0.6 is 28.1 Å². The second-order valence-corrected chi connectivity index (χ2v) is 6.44. The maximum atomic E-state index is 14.6. The van der Waals surface area contributed by atoms with Crippen LogP contribution < -0.4 is 10.6 Å². The number of anilines is 1. The van der Waals surface area contributed by atoms with Crippen LogP contribution in [0.1, 0.15) is 44.6 Å². The van der Waals surface area contributed by atoms with E-state index in [0.717, 1.165) is 19.4 Å². The molecule has 0 aromatic heterocycles. The van der Waals surface area contributed by atoms with Crippen molar-refractivity contribution >= 4 is 38.8 Å². The number of hydrogen-bond donors (Lipinski definition) is 1. The highest BCUT2D eigenvalue weighted by Crippen LogP contribution is 2.33. The van der Waals surface area contributed by atoms with Crippen LogP contribution in [0.5, 0.6) is 0 Å². The van der Waals surface area contributed by atoms with Crippen molar-refractivity contribution in [2.75, 3.05) is 11.4 Å². The number of hydrogen-bond acceptors (Lipinski definition) is 2. The molecule has 1 fully saturated rings. The minimum Gasteiger partial charge on any atom is -0.389 e. The van der Waals surface area contributed by atoms with Crippen LogP contribution in [0.2, 0.25) is 0 Å². The Kier molecular flexibility index (Phi) is 5.38. The zero-order chi connectivity index (χ0) is 14.7. The molecule has 2 rings (SSSR count). The third-order valence-corrected chi connectivity index (χ3v) is 4.99. The fourth-order valence-corrected chi connectivity index (χ4v) is 3.82. The average Bonchev–Trinajstić information content (AvgIpc) is 2.45. The quantitative estimate of drug-likeness (QED) is 0.809. The maximum absolute atomic E-state index is 14.6. The van der Waals surface area contributed by atoms with Crippen LogP contribution in [0.3, 0.4) is 0 Å². The zero-order valence-electron chi connectivity index (χ0n) is 11.7. The molecule has 0 spiro atoms. The van der Waals surface area contributed by atoms with Gasteiger partial charge in [0.05, 0.1) is 10.2 Å². The molecule has 110 valence electrons. The average molecular weight is 359 g/mol. The number of rotatable bonds is 4. The van der Waals surface area contributed by atoms with Gasteiger partial charge in [-0.1, -0.05) is 31.5 Å². The summed E-state index contributed by atoms with van der Waals surface area (Å²) in [5, 5.41) is 0. The topological polar surface area (TPSA) is 29.3 Å². The first-order valence-corrected chi connectivity index (χ1v) is 8.30. The molecule has 20 heavy (non-hydrogen) atoms. The Labute approximate surface area is 133 Å². The minimum absolute atomic E-state index is 0.211. The highest BCUT2D eigenvalue weighted by Gasteiger charge is 2.24. The lowest BCUT2D eigenvalue weighted by Gasteiger charge is -2.35. The molecule has 1 aliphatic carbocycles. The predicted molar refractivity (Wildman–Crippen MR) is 89.9 cm³/mol. The van der Waals surface area contributed by atoms with Crippen molar-refractivity contribution in [3.8, 4) is 0 Å². The molecule has 5 heteroatoms. The Morgan fingerprint density at radius 3 is 2.60 bits per heavy atom. The van der Waals surface area contributed by atoms with Gasteiger partial charge in [0.2, 0.25) is 0 Å². The summed E-state index contributed by atoms with van der Waals surface area (Å²) in [6.45, 7) is 2.88. The molecule has 0 atom stereocenters. The summed E-state index contributed by atoms with van der Waals surface area (Å²) >= 11 is 8.22. The molecule has 1 saturated carbocycles. The van der Waals surface area contributed by atoms with Gasteiger partial charge in [-0.15, -0.1) is 0 Å². The van der Waals surface area contributed by atoms with E-state index in [4.69, 9.17) is 18.0 Å². The van der Waals surface area contributed by atoms with Crippen molar-refractivity contribution in [1.29, 1.82) is 0 Å². The van der Waals surface area contributed by atoms with E-state index in [1.165, 1.54) is 19.3 Å². The lowest BCUT2D eigenvalue weighted by Crippen LogP contribution is -2.37. The van der Waals surface area contributed by atoms with E-state index in [0.29, 0.717) is 21.8 Å². The lowest BCUT2D eigenvalue weighted by atomic mass is 9.93. The van der Waals surface area contributed by atoms with Crippen LogP contribution in [0.15, 0.2) is 16.6 Å². The fraction of sp³-hybridized carbons (Fsp3) is 0.533. The van der Waals surface area contributed by atoms with E-state index in [1.54, 1.807) is 12.1 Å². The van der Waals surface area contributed by atoms with Gasteiger partial charge in [-0.05, 0) is 47.8 Å². The Balaban J connectivity index is 2.34. The normalized spacial score (nSPS) is 16.1. The van der Waals surface area contributed by atoms with Gasteiger partial charge >= 0.3 is 0 Å². The van der Waals surface area contributed by atoms with Crippen molar-refractivity contribution in [2.45, 2.75) is 45.1 Å². The van der Waals surface area contributed by atoms with Gasteiger partial charge in [-0.3, -0.25) is 0 Å². The summed E-state index contributed by atoms with van der Waals surface area (Å²) in [5.74, 6) is -0.261. The number of halogens is 2. The Morgan fingerprint density at radius 1 is 1.40 bits per heavy atom. The fourth-order valence-electron chi connectivity index (χ4n) is 2.97. The summed E-state index contributed by atoms with van der Waals surface area (Å²) in [6.07, 6.45) is 6.04. The van der Waals surface area contributed by atoms with Gasteiger partial charge in [-0.25, -0.2) is 4.39 Å². The van der Waals surface area contributed by atoms with Crippen LogP contribution in [0.25, 0.3) is 0 Å². The molecule has 1 aliphatic rings. The van der Waals surface area contributed by atoms with Crippen molar-refractivity contribution in [1.82, 2.24) is 0 Å². The van der Waals surface area contributed by atoms with E-state index in [2.05, 4.69) is 27.8 Å². The smallest absolute Gasteiger partial charge is 0.161 e. The highest BCUT2D eigenvalue weighted by atomic mass is 79.9. The van der Waals surface area contributed by atoms with E-state index >= 15 is 0 Å². The first-order chi connectivity index (χ1) is 9.56. The summed E-state index contributed by atoms with van der Waals surface area (Å²) in [4.78, 5) is 2.38. The Morgan fingerprint density at radius 2 is 2.05 bits per heavy atom. The predicted octanol–water partition coefficient (Wildman–Crippen LogP) is 4.38. The molecule has 0 radical (unpaired) electrons. The number of nitrogens with zero attached hydrogens (tertiary/aromatic N) is 1. The molecule has 0 amide bonds. The molecule has 0 heterocycles. The molecule has 2 nitrogen and oxygen atoms in total. The third-order valence-electron chi connectivity index (χ3n) is 3.99. The second-order valence-electron chi connectivity index (χ2n) is 5.20. The third kappa shape index (κ3) is 3.14. The first-order valence-electron chi connectivity index (χ1n) is 7.10. The standard InChI is InChI=1S/C15H20BrFN2S/c1-2-19(10-6-4-3-5-7-10)12-9-8-11(15(18)20)13(16)14(12)17/h8-10H,2-7H2,1H3,(H2,18,20). The summed E-state index contributed by atoms with van der Waals surface area (Å²) in [7, 11) is 0. The van der Waals surface area contributed by atoms with Crippen molar-refractivity contribution in [3.05, 3.63) is 28.0 Å². The molecule has 1 aromatic carbocycles. The largest absolute Gasteiger partial charge is 0.389 e. The Bertz CT molecular complexity index is 501. The molecular weight excluding hydrogens is 339 g/mol. The van der Waals surface area contributed by atoms with Gasteiger partial charge in [0.25, 0.3) is 0 Å². The van der Waals surface area contributed by atoms with Crippen molar-refractivity contribution in [3.63, 3.8) is 0 Å². The van der Waals surface area contributed by atoms with Gasteiger partial charge in [0.15, 0.2) is 5.82 Å². The van der Waals surface area contributed by atoms with E-state index in [1.807, 2.05) is 0 Å². The SMILES string of the molecule is CCN(c1ccc(C(N)=S)c(Br)c1F)C1CCCCC1. The number of nitrogens with two attached hydrogens (primary N) is 1. The molecule has 2 N–H and O–H groups in total. The minimum atomic E-state index is -0.261. The van der Waals surface area contributed by atoms with Crippen LogP contribution in [-0.2, 0) is 0 Å². The maximum Gasteiger partial charge on any atom is 0.161 e. The van der Waals surface area contributed by atoms with Gasteiger partial charge in [0, 0.05) is 18.2 Å². The van der Waals surface area contributed by atoms with Gasteiger partial charge < -0.3 is 10.6 Å². The number of thiocarbonyl (C=S) groups is 1. The van der Waals surface area contributed by atoms with Crippen LogP contribution in [0.4, 0.5) is 10.1 Å². The van der Waals surface area contributed by atoms with Gasteiger partial charge in [0.1, 0.15) is 4.99 Å². The molecule has 0 saturated heterocycles. The highest BCUT2D eigenvalue weighted by molar-refractivity contribution is 9.10. The second kappa shape index (κ2) is 6.85. The molecule has 1 aromatic rings. The van der Waals surface area contributed by atoms with E-state index in [-0.39, 0.29) is 10.8 Å². The molecular formula is C15H20BrFN2S. The summed E-state index contributed by atoms with van der Waals surface area (Å²) < 4.78 is 15.0. The lowest BCUT2D eigenvalue weighted by molar-refractivity contribution is 0.414. The molecule has 0 bridgehead atoms. The monoisotopic (exact) mass is 358 g/mol. The summed E-state index contributed by atoms with van der Waals surface area (Å²) in [6, 6.07) is 4.04. The van der Waals surface area contributed by atoms with Crippen molar-refractivity contribution in [2.24, 2.45) is 5.73 Å². The summed E-state index contributed by atoms with van der Waals surface area (Å²) in [5.41, 5.74) is 6.81. The first kappa shape index (κ1) is 15.7. The van der Waals surface area contributed by atoms with Crippen LogP contribution in [0, 0.1) is 5.82 Å². The molecule has 0 aliphatic heterocycles. The zero-order valence-corrected chi connectivity index (χ0v) is 14.1. The van der Waals surface area contributed by atoms with E-state index < -0.39 is 0 Å². The van der Waals surface area contributed by atoms with Crippen LogP contribution in [-0.4, -0.2) is 17.6 Å². The van der Waals surface area contributed by atoms with Gasteiger partial charge in [-0.2, -0.15) is 0 Å². The molecule has 0 unspecified atom stereocenters. The number of benzene rings is 1. The van der Waals surface area contributed by atoms with Crippen molar-refractivity contribution < 1.29 is 4.39 Å².